The molecule has 4 nitrogen and oxygen atoms in total. The van der Waals surface area contributed by atoms with Crippen LogP contribution in [0.4, 0.5) is 0 Å². The third kappa shape index (κ3) is 3.42. The summed E-state index contributed by atoms with van der Waals surface area (Å²) in [5.74, 6) is 0.657. The molecule has 0 bridgehead atoms. The second-order valence-corrected chi connectivity index (χ2v) is 10.6. The molecule has 0 saturated carbocycles. The Morgan fingerprint density at radius 2 is 1.17 bits per heavy atom. The highest BCUT2D eigenvalue weighted by Crippen LogP contribution is 2.41. The average molecular weight is 539 g/mol. The van der Waals surface area contributed by atoms with Gasteiger partial charge >= 0.3 is 0 Å². The highest BCUT2D eigenvalue weighted by molar-refractivity contribution is 6.22. The molecular formula is C38H22N2O2. The van der Waals surface area contributed by atoms with Gasteiger partial charge in [0.1, 0.15) is 28.0 Å². The van der Waals surface area contributed by atoms with Crippen LogP contribution < -0.4 is 0 Å². The van der Waals surface area contributed by atoms with Gasteiger partial charge in [-0.2, -0.15) is 0 Å². The van der Waals surface area contributed by atoms with Crippen molar-refractivity contribution in [1.29, 1.82) is 0 Å². The van der Waals surface area contributed by atoms with Crippen molar-refractivity contribution in [3.63, 3.8) is 0 Å². The summed E-state index contributed by atoms with van der Waals surface area (Å²) in [6.45, 7) is 0. The van der Waals surface area contributed by atoms with E-state index in [1.54, 1.807) is 0 Å². The van der Waals surface area contributed by atoms with Crippen molar-refractivity contribution < 1.29 is 8.83 Å². The Morgan fingerprint density at radius 3 is 2.10 bits per heavy atom. The molecule has 6 aromatic carbocycles. The number of benzene rings is 6. The highest BCUT2D eigenvalue weighted by atomic mass is 16.3. The number of furan rings is 2. The fraction of sp³-hybridized carbons (Fsp3) is 0. The van der Waals surface area contributed by atoms with E-state index in [0.717, 1.165) is 66.4 Å². The quantitative estimate of drug-likeness (QED) is 0.224. The maximum atomic E-state index is 6.35. The van der Waals surface area contributed by atoms with Crippen LogP contribution in [0.3, 0.4) is 0 Å². The van der Waals surface area contributed by atoms with E-state index in [0.29, 0.717) is 11.4 Å². The molecule has 0 fully saturated rings. The maximum Gasteiger partial charge on any atom is 0.180 e. The first kappa shape index (κ1) is 23.0. The van der Waals surface area contributed by atoms with Gasteiger partial charge in [0.15, 0.2) is 11.4 Å². The van der Waals surface area contributed by atoms with Crippen LogP contribution >= 0.6 is 0 Å². The molecule has 0 aliphatic rings. The fourth-order valence-corrected chi connectivity index (χ4v) is 6.17. The lowest BCUT2D eigenvalue weighted by Gasteiger charge is -2.09. The first-order valence-corrected chi connectivity index (χ1v) is 14.0. The van der Waals surface area contributed by atoms with Crippen LogP contribution in [0.15, 0.2) is 142 Å². The second kappa shape index (κ2) is 8.88. The third-order valence-electron chi connectivity index (χ3n) is 8.09. The van der Waals surface area contributed by atoms with Crippen molar-refractivity contribution in [3.8, 4) is 33.8 Å². The third-order valence-corrected chi connectivity index (χ3v) is 8.09. The molecule has 0 atom stereocenters. The topological polar surface area (TPSA) is 52.1 Å². The lowest BCUT2D eigenvalue weighted by atomic mass is 9.95. The minimum Gasteiger partial charge on any atom is -0.456 e. The van der Waals surface area contributed by atoms with E-state index in [1.165, 1.54) is 10.8 Å². The van der Waals surface area contributed by atoms with E-state index < -0.39 is 0 Å². The van der Waals surface area contributed by atoms with Crippen molar-refractivity contribution in [2.75, 3.05) is 0 Å². The molecule has 3 heterocycles. The van der Waals surface area contributed by atoms with Gasteiger partial charge in [0.05, 0.1) is 0 Å². The molecule has 3 aromatic heterocycles. The molecule has 0 unspecified atom stereocenters. The Hall–Kier alpha value is -5.74. The smallest absolute Gasteiger partial charge is 0.180 e. The van der Waals surface area contributed by atoms with Crippen molar-refractivity contribution in [1.82, 2.24) is 9.97 Å². The Morgan fingerprint density at radius 1 is 0.452 bits per heavy atom. The van der Waals surface area contributed by atoms with E-state index >= 15 is 0 Å². The van der Waals surface area contributed by atoms with E-state index in [-0.39, 0.29) is 0 Å². The van der Waals surface area contributed by atoms with Gasteiger partial charge in [-0.25, -0.2) is 9.97 Å². The number of rotatable bonds is 3. The number of hydrogen-bond donors (Lipinski definition) is 0. The lowest BCUT2D eigenvalue weighted by molar-refractivity contribution is 0.667. The normalized spacial score (nSPS) is 11.8. The second-order valence-electron chi connectivity index (χ2n) is 10.6. The first-order chi connectivity index (χ1) is 20.8. The Balaban J connectivity index is 1.29. The highest BCUT2D eigenvalue weighted by Gasteiger charge is 2.19. The molecule has 9 rings (SSSR count). The molecule has 196 valence electrons. The number of fused-ring (bicyclic) bond motifs is 8. The molecule has 0 N–H and O–H groups in total. The van der Waals surface area contributed by atoms with Gasteiger partial charge in [0, 0.05) is 27.3 Å². The fourth-order valence-electron chi connectivity index (χ4n) is 6.17. The molecular weight excluding hydrogens is 516 g/mol. The minimum absolute atomic E-state index is 0.657. The summed E-state index contributed by atoms with van der Waals surface area (Å²) in [4.78, 5) is 10.2. The van der Waals surface area contributed by atoms with Gasteiger partial charge in [-0.3, -0.25) is 0 Å². The van der Waals surface area contributed by atoms with Crippen LogP contribution in [0.25, 0.3) is 88.6 Å². The molecule has 0 spiro atoms. The molecule has 4 heteroatoms. The molecule has 42 heavy (non-hydrogen) atoms. The molecule has 0 radical (unpaired) electrons. The van der Waals surface area contributed by atoms with Crippen molar-refractivity contribution in [2.24, 2.45) is 0 Å². The zero-order valence-corrected chi connectivity index (χ0v) is 22.4. The predicted molar refractivity (Wildman–Crippen MR) is 170 cm³/mol. The van der Waals surface area contributed by atoms with Gasteiger partial charge < -0.3 is 8.83 Å². The van der Waals surface area contributed by atoms with Crippen LogP contribution in [0.1, 0.15) is 0 Å². The van der Waals surface area contributed by atoms with Crippen LogP contribution in [-0.2, 0) is 0 Å². The van der Waals surface area contributed by atoms with E-state index in [4.69, 9.17) is 18.8 Å². The van der Waals surface area contributed by atoms with Gasteiger partial charge in [-0.05, 0) is 52.2 Å². The Kier molecular flexibility index (Phi) is 4.87. The number of hydrogen-bond acceptors (Lipinski definition) is 4. The SMILES string of the molecule is c1ccc(-c2nc(-c3cccc(-c4cccc5oc6ccc7ccccc7c6c45)c3)nc3c2oc2ccccc23)cc1. The number of aromatic nitrogens is 2. The summed E-state index contributed by atoms with van der Waals surface area (Å²) in [5, 5.41) is 5.61. The molecule has 0 saturated heterocycles. The predicted octanol–water partition coefficient (Wildman–Crippen LogP) is 10.4. The standard InChI is InChI=1S/C38H22N2O2/c1-2-11-24(12-3-1)35-37-36(29-16-6-7-18-30(29)42-37)40-38(39-35)26-14-8-13-25(22-26)28-17-9-19-31-34(28)33-27-15-5-4-10-23(27)20-21-32(33)41-31/h1-22H. The summed E-state index contributed by atoms with van der Waals surface area (Å²) in [6.07, 6.45) is 0. The summed E-state index contributed by atoms with van der Waals surface area (Å²) in [5.41, 5.74) is 8.98. The van der Waals surface area contributed by atoms with Gasteiger partial charge in [0.2, 0.25) is 0 Å². The Labute approximate surface area is 240 Å². The Bertz CT molecular complexity index is 2470. The van der Waals surface area contributed by atoms with Crippen LogP contribution in [0.2, 0.25) is 0 Å². The van der Waals surface area contributed by atoms with Gasteiger partial charge in [0.25, 0.3) is 0 Å². The summed E-state index contributed by atoms with van der Waals surface area (Å²) in [6, 6.07) is 45.6. The lowest BCUT2D eigenvalue weighted by Crippen LogP contribution is -1.94. The monoisotopic (exact) mass is 538 g/mol. The van der Waals surface area contributed by atoms with Gasteiger partial charge in [-0.15, -0.1) is 0 Å². The van der Waals surface area contributed by atoms with E-state index in [9.17, 15) is 0 Å². The summed E-state index contributed by atoms with van der Waals surface area (Å²) < 4.78 is 12.6. The minimum atomic E-state index is 0.657. The molecule has 0 aliphatic carbocycles. The number of para-hydroxylation sites is 1. The van der Waals surface area contributed by atoms with E-state index in [1.807, 2.05) is 42.5 Å². The maximum absolute atomic E-state index is 6.35. The average Bonchev–Trinajstić information content (AvgIpc) is 3.63. The number of nitrogens with zero attached hydrogens (tertiary/aromatic N) is 2. The first-order valence-electron chi connectivity index (χ1n) is 14.0. The summed E-state index contributed by atoms with van der Waals surface area (Å²) in [7, 11) is 0. The van der Waals surface area contributed by atoms with Crippen LogP contribution in [-0.4, -0.2) is 9.97 Å². The van der Waals surface area contributed by atoms with Crippen molar-refractivity contribution in [3.05, 3.63) is 133 Å². The molecule has 0 aliphatic heterocycles. The summed E-state index contributed by atoms with van der Waals surface area (Å²) >= 11 is 0. The van der Waals surface area contributed by atoms with Crippen molar-refractivity contribution >= 4 is 54.8 Å². The zero-order chi connectivity index (χ0) is 27.6. The zero-order valence-electron chi connectivity index (χ0n) is 22.4. The van der Waals surface area contributed by atoms with Crippen LogP contribution in [0.5, 0.6) is 0 Å². The van der Waals surface area contributed by atoms with Gasteiger partial charge in [-0.1, -0.05) is 103 Å². The molecule has 0 amide bonds. The largest absolute Gasteiger partial charge is 0.456 e. The van der Waals surface area contributed by atoms with E-state index in [2.05, 4.69) is 91.0 Å². The van der Waals surface area contributed by atoms with Crippen molar-refractivity contribution in [2.45, 2.75) is 0 Å². The van der Waals surface area contributed by atoms with Crippen LogP contribution in [0, 0.1) is 0 Å². The molecule has 9 aromatic rings.